The van der Waals surface area contributed by atoms with Crippen molar-refractivity contribution < 1.29 is 9.66 Å². The monoisotopic (exact) mass is 370 g/mol. The Bertz CT molecular complexity index is 1060. The number of aromatic amines is 1. The van der Waals surface area contributed by atoms with Crippen molar-refractivity contribution in [3.8, 4) is 5.75 Å². The number of nitro groups is 1. The van der Waals surface area contributed by atoms with Crippen molar-refractivity contribution in [3.63, 3.8) is 0 Å². The van der Waals surface area contributed by atoms with E-state index in [0.717, 1.165) is 13.0 Å². The molecule has 1 aromatic heterocycles. The summed E-state index contributed by atoms with van der Waals surface area (Å²) < 4.78 is 5.20. The van der Waals surface area contributed by atoms with Gasteiger partial charge in [-0.05, 0) is 51.3 Å². The second kappa shape index (κ2) is 7.63. The van der Waals surface area contributed by atoms with Crippen LogP contribution in [-0.4, -0.2) is 49.1 Å². The zero-order chi connectivity index (χ0) is 19.6. The van der Waals surface area contributed by atoms with Gasteiger partial charge in [-0.3, -0.25) is 14.9 Å². The van der Waals surface area contributed by atoms with E-state index in [1.165, 1.54) is 13.2 Å². The fourth-order valence-electron chi connectivity index (χ4n) is 3.09. The van der Waals surface area contributed by atoms with Crippen molar-refractivity contribution in [2.24, 2.45) is 0 Å². The molecule has 0 spiro atoms. The van der Waals surface area contributed by atoms with Gasteiger partial charge in [0, 0.05) is 23.7 Å². The minimum absolute atomic E-state index is 0.126. The molecular formula is C19H22N4O4. The first-order chi connectivity index (χ1) is 12.9. The van der Waals surface area contributed by atoms with Gasteiger partial charge in [0.05, 0.1) is 22.9 Å². The molecule has 142 valence electrons. The summed E-state index contributed by atoms with van der Waals surface area (Å²) in [6, 6.07) is 8.05. The number of pyridine rings is 1. The molecule has 8 nitrogen and oxygen atoms in total. The number of nitro benzene ring substituents is 1. The lowest BCUT2D eigenvalue weighted by molar-refractivity contribution is -0.383. The lowest BCUT2D eigenvalue weighted by Crippen LogP contribution is -2.17. The molecule has 0 aliphatic rings. The number of ether oxygens (including phenoxy) is 1. The fraction of sp³-hybridized carbons (Fsp3) is 0.316. The molecule has 0 aliphatic carbocycles. The highest BCUT2D eigenvalue weighted by Crippen LogP contribution is 2.30. The molecule has 2 N–H and O–H groups in total. The summed E-state index contributed by atoms with van der Waals surface area (Å²) in [6.07, 6.45) is 0.880. The van der Waals surface area contributed by atoms with E-state index in [0.29, 0.717) is 28.9 Å². The average Bonchev–Trinajstić information content (AvgIpc) is 2.64. The van der Waals surface area contributed by atoms with Crippen molar-refractivity contribution in [1.82, 2.24) is 9.88 Å². The molecule has 27 heavy (non-hydrogen) atoms. The number of fused-ring (bicyclic) bond motifs is 2. The molecule has 8 heteroatoms. The Morgan fingerprint density at radius 3 is 2.70 bits per heavy atom. The molecule has 0 saturated heterocycles. The van der Waals surface area contributed by atoms with E-state index in [2.05, 4.69) is 15.2 Å². The van der Waals surface area contributed by atoms with Gasteiger partial charge in [-0.15, -0.1) is 0 Å². The molecule has 0 radical (unpaired) electrons. The zero-order valence-electron chi connectivity index (χ0n) is 15.5. The maximum atomic E-state index is 13.1. The van der Waals surface area contributed by atoms with Gasteiger partial charge in [-0.25, -0.2) is 0 Å². The van der Waals surface area contributed by atoms with Crippen LogP contribution in [0, 0.1) is 10.1 Å². The van der Waals surface area contributed by atoms with Gasteiger partial charge in [0.15, 0.2) is 5.43 Å². The number of aromatic nitrogens is 1. The standard InChI is InChI=1S/C19H22N4O4/c1-22(2)10-4-9-20-15-7-8-16(23(25)26)18-17(15)19(24)13-11-12(27-3)5-6-14(13)21-18/h5-8,11,20H,4,9-10H2,1-3H3,(H,21,24). The molecule has 2 aromatic carbocycles. The van der Waals surface area contributed by atoms with Crippen LogP contribution < -0.4 is 15.5 Å². The van der Waals surface area contributed by atoms with Gasteiger partial charge in [0.1, 0.15) is 11.3 Å². The molecule has 0 saturated carbocycles. The number of hydrogen-bond donors (Lipinski definition) is 2. The van der Waals surface area contributed by atoms with Crippen molar-refractivity contribution in [1.29, 1.82) is 0 Å². The molecule has 0 bridgehead atoms. The average molecular weight is 370 g/mol. The van der Waals surface area contributed by atoms with E-state index in [-0.39, 0.29) is 22.0 Å². The Morgan fingerprint density at radius 2 is 2.04 bits per heavy atom. The minimum Gasteiger partial charge on any atom is -0.497 e. The second-order valence-corrected chi connectivity index (χ2v) is 6.59. The molecule has 0 fully saturated rings. The minimum atomic E-state index is -0.483. The summed E-state index contributed by atoms with van der Waals surface area (Å²) in [5, 5.41) is 15.4. The number of nitrogens with zero attached hydrogens (tertiary/aromatic N) is 2. The van der Waals surface area contributed by atoms with Crippen molar-refractivity contribution in [3.05, 3.63) is 50.7 Å². The van der Waals surface area contributed by atoms with Crippen LogP contribution in [0.2, 0.25) is 0 Å². The largest absolute Gasteiger partial charge is 0.497 e. The van der Waals surface area contributed by atoms with Gasteiger partial charge in [-0.2, -0.15) is 0 Å². The highest BCUT2D eigenvalue weighted by Gasteiger charge is 2.19. The first kappa shape index (κ1) is 18.7. The number of H-pyrrole nitrogens is 1. The molecule has 1 heterocycles. The van der Waals surface area contributed by atoms with E-state index in [1.807, 2.05) is 14.1 Å². The van der Waals surface area contributed by atoms with Gasteiger partial charge in [0.2, 0.25) is 0 Å². The molecule has 0 atom stereocenters. The summed E-state index contributed by atoms with van der Waals surface area (Å²) in [5.74, 6) is 0.554. The smallest absolute Gasteiger partial charge is 0.293 e. The van der Waals surface area contributed by atoms with Crippen molar-refractivity contribution in [2.45, 2.75) is 6.42 Å². The van der Waals surface area contributed by atoms with Gasteiger partial charge in [-0.1, -0.05) is 0 Å². The van der Waals surface area contributed by atoms with Gasteiger partial charge >= 0.3 is 0 Å². The molecule has 0 amide bonds. The normalized spacial score (nSPS) is 11.3. The molecule has 0 unspecified atom stereocenters. The summed E-state index contributed by atoms with van der Waals surface area (Å²) in [5.41, 5.74) is 0.942. The van der Waals surface area contributed by atoms with Crippen molar-refractivity contribution >= 4 is 33.2 Å². The summed E-state index contributed by atoms with van der Waals surface area (Å²) in [4.78, 5) is 29.2. The summed E-state index contributed by atoms with van der Waals surface area (Å²) in [7, 11) is 5.51. The third-order valence-electron chi connectivity index (χ3n) is 4.44. The first-order valence-corrected chi connectivity index (χ1v) is 8.62. The van der Waals surface area contributed by atoms with E-state index in [1.54, 1.807) is 24.3 Å². The highest BCUT2D eigenvalue weighted by molar-refractivity contribution is 6.03. The first-order valence-electron chi connectivity index (χ1n) is 8.62. The predicted octanol–water partition coefficient (Wildman–Crippen LogP) is 2.96. The van der Waals surface area contributed by atoms with E-state index >= 15 is 0 Å². The third-order valence-corrected chi connectivity index (χ3v) is 4.44. The van der Waals surface area contributed by atoms with Crippen LogP contribution in [0.4, 0.5) is 11.4 Å². The van der Waals surface area contributed by atoms with Crippen LogP contribution in [0.15, 0.2) is 35.1 Å². The number of nitrogens with one attached hydrogen (secondary N) is 2. The predicted molar refractivity (Wildman–Crippen MR) is 107 cm³/mol. The molecule has 0 aliphatic heterocycles. The Balaban J connectivity index is 2.18. The maximum Gasteiger partial charge on any atom is 0.293 e. The fourth-order valence-corrected chi connectivity index (χ4v) is 3.09. The van der Waals surface area contributed by atoms with Gasteiger partial charge in [0.25, 0.3) is 5.69 Å². The zero-order valence-corrected chi connectivity index (χ0v) is 15.5. The number of hydrogen-bond acceptors (Lipinski definition) is 6. The summed E-state index contributed by atoms with van der Waals surface area (Å²) in [6.45, 7) is 1.55. The highest BCUT2D eigenvalue weighted by atomic mass is 16.6. The van der Waals surface area contributed by atoms with Gasteiger partial charge < -0.3 is 19.9 Å². The topological polar surface area (TPSA) is 100 Å². The molecule has 3 rings (SSSR count). The SMILES string of the molecule is COc1ccc2[nH]c3c([N+](=O)[O-])ccc(NCCCN(C)C)c3c(=O)c2c1. The number of methoxy groups -OCH3 is 1. The number of non-ortho nitro benzene ring substituents is 1. The van der Waals surface area contributed by atoms with Crippen LogP contribution in [0.1, 0.15) is 6.42 Å². The Morgan fingerprint density at radius 1 is 1.26 bits per heavy atom. The quantitative estimate of drug-likeness (QED) is 0.287. The lowest BCUT2D eigenvalue weighted by atomic mass is 10.1. The number of anilines is 1. The Hall–Kier alpha value is -3.13. The molecular weight excluding hydrogens is 348 g/mol. The Kier molecular flexibility index (Phi) is 5.27. The lowest BCUT2D eigenvalue weighted by Gasteiger charge is -2.13. The second-order valence-electron chi connectivity index (χ2n) is 6.59. The van der Waals surface area contributed by atoms with Crippen LogP contribution >= 0.6 is 0 Å². The van der Waals surface area contributed by atoms with Crippen LogP contribution in [0.3, 0.4) is 0 Å². The van der Waals surface area contributed by atoms with Crippen molar-refractivity contribution in [2.75, 3.05) is 39.6 Å². The third kappa shape index (κ3) is 3.70. The van der Waals surface area contributed by atoms with E-state index in [9.17, 15) is 14.9 Å². The molecule has 3 aromatic rings. The Labute approximate surface area is 155 Å². The van der Waals surface area contributed by atoms with Crippen LogP contribution in [0.25, 0.3) is 21.8 Å². The summed E-state index contributed by atoms with van der Waals surface area (Å²) >= 11 is 0. The number of rotatable bonds is 7. The van der Waals surface area contributed by atoms with Crippen LogP contribution in [0.5, 0.6) is 5.75 Å². The van der Waals surface area contributed by atoms with E-state index < -0.39 is 4.92 Å². The maximum absolute atomic E-state index is 13.1. The number of benzene rings is 2. The van der Waals surface area contributed by atoms with Crippen LogP contribution in [-0.2, 0) is 0 Å². The van der Waals surface area contributed by atoms with E-state index in [4.69, 9.17) is 4.74 Å².